The Kier molecular flexibility index (Phi) is 8.32. The molecule has 2 aliphatic heterocycles. The van der Waals surface area contributed by atoms with Crippen LogP contribution in [0.3, 0.4) is 0 Å². The summed E-state index contributed by atoms with van der Waals surface area (Å²) in [5, 5.41) is 6.40. The van der Waals surface area contributed by atoms with E-state index in [9.17, 15) is 9.59 Å². The molecule has 1 aromatic heterocycles. The molecule has 258 valence electrons. The molecule has 3 heterocycles. The lowest BCUT2D eigenvalue weighted by atomic mass is 10.0. The molecule has 0 radical (unpaired) electrons. The number of rotatable bonds is 6. The summed E-state index contributed by atoms with van der Waals surface area (Å²) in [7, 11) is 0. The van der Waals surface area contributed by atoms with Crippen LogP contribution in [0.5, 0.6) is 0 Å². The highest BCUT2D eigenvalue weighted by Crippen LogP contribution is 2.49. The van der Waals surface area contributed by atoms with Crippen LogP contribution in [-0.2, 0) is 9.47 Å². The first-order valence-corrected chi connectivity index (χ1v) is 17.3. The number of fused-ring (bicyclic) bond motifs is 2. The summed E-state index contributed by atoms with van der Waals surface area (Å²) >= 11 is 0. The normalized spacial score (nSPS) is 23.6. The van der Waals surface area contributed by atoms with Crippen LogP contribution in [0.2, 0.25) is 0 Å². The van der Waals surface area contributed by atoms with Gasteiger partial charge in [-0.15, -0.1) is 0 Å². The summed E-state index contributed by atoms with van der Waals surface area (Å²) in [5.74, 6) is 8.33. The van der Waals surface area contributed by atoms with E-state index in [-0.39, 0.29) is 36.1 Å². The molecule has 3 aromatic rings. The molecule has 10 nitrogen and oxygen atoms in total. The number of halogens is 1. The minimum Gasteiger partial charge on any atom is -0.444 e. The highest BCUT2D eigenvalue weighted by Gasteiger charge is 2.57. The van der Waals surface area contributed by atoms with Crippen LogP contribution >= 0.6 is 0 Å². The minimum absolute atomic E-state index is 0.176. The average molecular weight is 669 g/mol. The molecule has 1 unspecified atom stereocenters. The van der Waals surface area contributed by atoms with Crippen molar-refractivity contribution in [2.45, 2.75) is 109 Å². The molecule has 2 saturated carbocycles. The molecular formula is C38H45FN6O4. The smallest absolute Gasteiger partial charge is 0.411 e. The zero-order chi connectivity index (χ0) is 34.7. The molecule has 5 atom stereocenters. The molecule has 2 amide bonds. The zero-order valence-electron chi connectivity index (χ0n) is 29.0. The largest absolute Gasteiger partial charge is 0.444 e. The summed E-state index contributed by atoms with van der Waals surface area (Å²) in [6.07, 6.45) is 4.15. The SMILES string of the molecule is CC(C)(C)OC(=O)N[C@@H](CC1CC1)c1nc2ccc(C#Cc3ccc(C4CN=C([C@@H]5C[C@H]6C[C@H]6N5C(=O)OC(C)(C)C)N4)c(F)c3)cc2[nH]1. The standard InChI is InChI=1S/C38H45FN6O4/c1-37(2,3)48-35(46)44-29(17-22-9-10-22)33-41-27-14-12-23(16-28(27)42-33)8-7-21-11-13-25(26(39)15-21)30-20-40-34(43-30)32-19-24-18-31(24)45(32)36(47)49-38(4,5)6/h11-16,22,24,29-32H,9-10,17-20H2,1-6H3,(H,40,43)(H,41,42)(H,44,46)/t24-,29+,30?,31-,32+/m1/s1. The number of alkyl carbamates (subject to hydrolysis) is 1. The molecule has 49 heavy (non-hydrogen) atoms. The number of piperidine rings is 1. The van der Waals surface area contributed by atoms with Crippen molar-refractivity contribution in [1.82, 2.24) is 25.5 Å². The second-order valence-corrected chi connectivity index (χ2v) is 15.8. The Labute approximate surface area is 286 Å². The van der Waals surface area contributed by atoms with Crippen molar-refractivity contribution in [3.8, 4) is 11.8 Å². The fourth-order valence-electron chi connectivity index (χ4n) is 6.79. The molecule has 2 aliphatic carbocycles. The molecule has 3 fully saturated rings. The van der Waals surface area contributed by atoms with Gasteiger partial charge in [-0.1, -0.05) is 30.7 Å². The molecule has 2 aromatic carbocycles. The number of hydrogen-bond acceptors (Lipinski definition) is 7. The maximum atomic E-state index is 15.5. The number of nitrogens with one attached hydrogen (secondary N) is 3. The fourth-order valence-corrected chi connectivity index (χ4v) is 6.79. The monoisotopic (exact) mass is 668 g/mol. The average Bonchev–Trinajstić information content (AvgIpc) is 3.81. The van der Waals surface area contributed by atoms with Crippen LogP contribution in [0.1, 0.15) is 108 Å². The number of H-pyrrole nitrogens is 1. The van der Waals surface area contributed by atoms with Crippen molar-refractivity contribution < 1.29 is 23.5 Å². The molecule has 11 heteroatoms. The number of nitrogens with zero attached hydrogens (tertiary/aromatic N) is 3. The number of benzene rings is 2. The molecule has 3 N–H and O–H groups in total. The van der Waals surface area contributed by atoms with E-state index in [4.69, 9.17) is 19.5 Å². The predicted octanol–water partition coefficient (Wildman–Crippen LogP) is 6.91. The molecule has 4 aliphatic rings. The van der Waals surface area contributed by atoms with E-state index in [0.29, 0.717) is 35.3 Å². The van der Waals surface area contributed by atoms with Crippen molar-refractivity contribution in [3.63, 3.8) is 0 Å². The number of amides is 2. The van der Waals surface area contributed by atoms with Crippen molar-refractivity contribution >= 4 is 29.1 Å². The first-order valence-electron chi connectivity index (χ1n) is 17.3. The van der Waals surface area contributed by atoms with E-state index in [0.717, 1.165) is 54.5 Å². The van der Waals surface area contributed by atoms with Crippen LogP contribution in [0, 0.1) is 29.5 Å². The van der Waals surface area contributed by atoms with Gasteiger partial charge in [0.05, 0.1) is 35.7 Å². The fraction of sp³-hybridized carbons (Fsp3) is 0.526. The van der Waals surface area contributed by atoms with Gasteiger partial charge in [0, 0.05) is 22.7 Å². The number of carbonyl (C=O) groups is 2. The topological polar surface area (TPSA) is 121 Å². The molecular weight excluding hydrogens is 623 g/mol. The number of likely N-dealkylation sites (tertiary alicyclic amines) is 1. The summed E-state index contributed by atoms with van der Waals surface area (Å²) in [5.41, 5.74) is 2.25. The van der Waals surface area contributed by atoms with Crippen molar-refractivity contribution in [2.75, 3.05) is 6.54 Å². The van der Waals surface area contributed by atoms with Crippen molar-refractivity contribution in [2.24, 2.45) is 16.8 Å². The number of carbonyl (C=O) groups excluding carboxylic acids is 2. The van der Waals surface area contributed by atoms with E-state index in [1.54, 1.807) is 6.07 Å². The highest BCUT2D eigenvalue weighted by atomic mass is 19.1. The number of amidine groups is 1. The molecule has 0 spiro atoms. The van der Waals surface area contributed by atoms with Gasteiger partial charge in [-0.2, -0.15) is 0 Å². The van der Waals surface area contributed by atoms with Crippen LogP contribution < -0.4 is 10.6 Å². The number of hydrogen-bond donors (Lipinski definition) is 3. The van der Waals surface area contributed by atoms with Crippen molar-refractivity contribution in [1.29, 1.82) is 0 Å². The maximum absolute atomic E-state index is 15.5. The lowest BCUT2D eigenvalue weighted by Gasteiger charge is -2.31. The number of aliphatic imine (C=N–C) groups is 1. The van der Waals surface area contributed by atoms with Gasteiger partial charge in [0.15, 0.2) is 0 Å². The summed E-state index contributed by atoms with van der Waals surface area (Å²) in [4.78, 5) is 40.2. The maximum Gasteiger partial charge on any atom is 0.411 e. The second-order valence-electron chi connectivity index (χ2n) is 15.8. The van der Waals surface area contributed by atoms with Crippen molar-refractivity contribution in [3.05, 3.63) is 64.7 Å². The van der Waals surface area contributed by atoms with Gasteiger partial charge in [-0.3, -0.25) is 9.89 Å². The van der Waals surface area contributed by atoms with E-state index in [1.807, 2.05) is 70.7 Å². The third-order valence-electron chi connectivity index (χ3n) is 9.30. The quantitative estimate of drug-likeness (QED) is 0.246. The molecule has 7 rings (SSSR count). The van der Waals surface area contributed by atoms with Gasteiger partial charge >= 0.3 is 12.2 Å². The lowest BCUT2D eigenvalue weighted by molar-refractivity contribution is 0.0228. The van der Waals surface area contributed by atoms with E-state index in [1.165, 1.54) is 6.07 Å². The lowest BCUT2D eigenvalue weighted by Crippen LogP contribution is -2.48. The van der Waals surface area contributed by atoms with Crippen LogP contribution in [0.4, 0.5) is 14.0 Å². The van der Waals surface area contributed by atoms with Gasteiger partial charge in [0.25, 0.3) is 0 Å². The summed E-state index contributed by atoms with van der Waals surface area (Å²) in [6, 6.07) is 10.1. The Morgan fingerprint density at radius 1 is 1.02 bits per heavy atom. The number of ether oxygens (including phenoxy) is 2. The number of aromatic nitrogens is 2. The van der Waals surface area contributed by atoms with E-state index >= 15 is 4.39 Å². The Balaban J connectivity index is 1.01. The van der Waals surface area contributed by atoms with Gasteiger partial charge in [0.2, 0.25) is 0 Å². The molecule has 1 saturated heterocycles. The minimum atomic E-state index is -0.591. The second kappa shape index (κ2) is 12.4. The Hall–Kier alpha value is -4.59. The zero-order valence-corrected chi connectivity index (χ0v) is 29.0. The van der Waals surface area contributed by atoms with Gasteiger partial charge in [-0.25, -0.2) is 19.0 Å². The summed E-state index contributed by atoms with van der Waals surface area (Å²) < 4.78 is 26.6. The van der Waals surface area contributed by atoms with Gasteiger partial charge < -0.3 is 25.1 Å². The Morgan fingerprint density at radius 3 is 2.43 bits per heavy atom. The van der Waals surface area contributed by atoms with Crippen LogP contribution in [0.15, 0.2) is 41.4 Å². The Morgan fingerprint density at radius 2 is 1.73 bits per heavy atom. The summed E-state index contributed by atoms with van der Waals surface area (Å²) in [6.45, 7) is 11.5. The number of imidazole rings is 1. The first kappa shape index (κ1) is 32.9. The third kappa shape index (κ3) is 7.69. The highest BCUT2D eigenvalue weighted by molar-refractivity contribution is 5.93. The number of aromatic amines is 1. The van der Waals surface area contributed by atoms with Gasteiger partial charge in [0.1, 0.15) is 28.7 Å². The van der Waals surface area contributed by atoms with Crippen LogP contribution in [-0.4, -0.2) is 62.7 Å². The Bertz CT molecular complexity index is 1870. The van der Waals surface area contributed by atoms with E-state index in [2.05, 4.69) is 27.5 Å². The third-order valence-corrected chi connectivity index (χ3v) is 9.30. The molecule has 0 bridgehead atoms. The first-order chi connectivity index (χ1) is 23.2. The predicted molar refractivity (Wildman–Crippen MR) is 184 cm³/mol. The van der Waals surface area contributed by atoms with E-state index < -0.39 is 17.3 Å². The van der Waals surface area contributed by atoms with Gasteiger partial charge in [-0.05, 0) is 103 Å². The van der Waals surface area contributed by atoms with Crippen LogP contribution in [0.25, 0.3) is 11.0 Å².